The second-order valence-corrected chi connectivity index (χ2v) is 4.11. The lowest BCUT2D eigenvalue weighted by atomic mass is 10.1. The predicted octanol–water partition coefficient (Wildman–Crippen LogP) is 0.143. The van der Waals surface area contributed by atoms with Crippen LogP contribution in [0.15, 0.2) is 0 Å². The van der Waals surface area contributed by atoms with Crippen molar-refractivity contribution in [1.82, 2.24) is 5.32 Å². The van der Waals surface area contributed by atoms with Crippen LogP contribution in [-0.2, 0) is 4.79 Å². The van der Waals surface area contributed by atoms with Crippen LogP contribution in [0.25, 0.3) is 0 Å². The van der Waals surface area contributed by atoms with Gasteiger partial charge in [0.05, 0.1) is 18.2 Å². The summed E-state index contributed by atoms with van der Waals surface area (Å²) in [5.74, 6) is -0.170. The molecule has 4 N–H and O–H groups in total. The Morgan fingerprint density at radius 3 is 2.71 bits per heavy atom. The van der Waals surface area contributed by atoms with Gasteiger partial charge < -0.3 is 16.2 Å². The van der Waals surface area contributed by atoms with Gasteiger partial charge in [0.15, 0.2) is 0 Å². The van der Waals surface area contributed by atoms with Gasteiger partial charge in [-0.15, -0.1) is 0 Å². The van der Waals surface area contributed by atoms with E-state index in [2.05, 4.69) is 5.32 Å². The van der Waals surface area contributed by atoms with E-state index in [4.69, 9.17) is 5.73 Å². The van der Waals surface area contributed by atoms with Crippen molar-refractivity contribution >= 4 is 5.91 Å². The second kappa shape index (κ2) is 5.32. The smallest absolute Gasteiger partial charge is 0.236 e. The standard InChI is InChI=1S/C10H20N2O2/c1-7(11)10(14)12-8-5-3-2-4-6-9(8)13/h7-9,13H,2-6,11H2,1H3,(H,12,14)/t7-,8?,9?/m0/s1. The monoisotopic (exact) mass is 200 g/mol. The van der Waals surface area contributed by atoms with Crippen LogP contribution in [-0.4, -0.2) is 29.2 Å². The predicted molar refractivity (Wildman–Crippen MR) is 54.7 cm³/mol. The second-order valence-electron chi connectivity index (χ2n) is 4.11. The Morgan fingerprint density at radius 1 is 1.43 bits per heavy atom. The van der Waals surface area contributed by atoms with Gasteiger partial charge in [-0.1, -0.05) is 19.3 Å². The van der Waals surface area contributed by atoms with Crippen molar-refractivity contribution in [3.63, 3.8) is 0 Å². The Kier molecular flexibility index (Phi) is 4.35. The third kappa shape index (κ3) is 3.27. The number of hydrogen-bond acceptors (Lipinski definition) is 3. The van der Waals surface area contributed by atoms with E-state index >= 15 is 0 Å². The fraction of sp³-hybridized carbons (Fsp3) is 0.900. The summed E-state index contributed by atoms with van der Waals surface area (Å²) in [5.41, 5.74) is 5.44. The number of rotatable bonds is 2. The molecule has 0 heterocycles. The van der Waals surface area contributed by atoms with Gasteiger partial charge in [0, 0.05) is 0 Å². The average molecular weight is 200 g/mol. The first-order chi connectivity index (χ1) is 6.61. The molecule has 4 nitrogen and oxygen atoms in total. The van der Waals surface area contributed by atoms with Gasteiger partial charge in [-0.25, -0.2) is 0 Å². The van der Waals surface area contributed by atoms with E-state index in [0.29, 0.717) is 0 Å². The van der Waals surface area contributed by atoms with Crippen LogP contribution in [0.2, 0.25) is 0 Å². The first kappa shape index (κ1) is 11.5. The Labute approximate surface area is 84.9 Å². The van der Waals surface area contributed by atoms with Gasteiger partial charge in [0.25, 0.3) is 0 Å². The van der Waals surface area contributed by atoms with Crippen molar-refractivity contribution in [3.05, 3.63) is 0 Å². The van der Waals surface area contributed by atoms with Crippen LogP contribution >= 0.6 is 0 Å². The molecule has 4 heteroatoms. The fourth-order valence-electron chi connectivity index (χ4n) is 1.77. The summed E-state index contributed by atoms with van der Waals surface area (Å²) in [6, 6.07) is -0.596. The number of amides is 1. The molecule has 0 radical (unpaired) electrons. The highest BCUT2D eigenvalue weighted by molar-refractivity contribution is 5.81. The van der Waals surface area contributed by atoms with Crippen molar-refractivity contribution in [1.29, 1.82) is 0 Å². The van der Waals surface area contributed by atoms with E-state index in [0.717, 1.165) is 32.1 Å². The SMILES string of the molecule is C[C@H](N)C(=O)NC1CCCCCC1O. The Morgan fingerprint density at radius 2 is 2.07 bits per heavy atom. The maximum absolute atomic E-state index is 11.3. The Balaban J connectivity index is 2.44. The molecular weight excluding hydrogens is 180 g/mol. The number of hydrogen-bond donors (Lipinski definition) is 3. The van der Waals surface area contributed by atoms with Crippen LogP contribution < -0.4 is 11.1 Å². The normalized spacial score (nSPS) is 30.5. The van der Waals surface area contributed by atoms with Gasteiger partial charge >= 0.3 is 0 Å². The molecule has 0 aromatic heterocycles. The largest absolute Gasteiger partial charge is 0.391 e. The highest BCUT2D eigenvalue weighted by Gasteiger charge is 2.23. The summed E-state index contributed by atoms with van der Waals surface area (Å²) in [6.07, 6.45) is 4.50. The molecule has 82 valence electrons. The summed E-state index contributed by atoms with van der Waals surface area (Å²) in [5, 5.41) is 12.5. The minimum Gasteiger partial charge on any atom is -0.391 e. The quantitative estimate of drug-likeness (QED) is 0.555. The number of nitrogens with one attached hydrogen (secondary N) is 1. The number of carbonyl (C=O) groups is 1. The molecule has 1 fully saturated rings. The Hall–Kier alpha value is -0.610. The lowest BCUT2D eigenvalue weighted by Crippen LogP contribution is -2.48. The average Bonchev–Trinajstić information content (AvgIpc) is 2.32. The van der Waals surface area contributed by atoms with Crippen molar-refractivity contribution in [2.45, 2.75) is 57.2 Å². The summed E-state index contributed by atoms with van der Waals surface area (Å²) in [7, 11) is 0. The molecule has 0 bridgehead atoms. The molecule has 0 saturated heterocycles. The number of nitrogens with two attached hydrogens (primary N) is 1. The zero-order valence-electron chi connectivity index (χ0n) is 8.70. The van der Waals surface area contributed by atoms with Crippen LogP contribution in [0, 0.1) is 0 Å². The summed E-state index contributed by atoms with van der Waals surface area (Å²) >= 11 is 0. The van der Waals surface area contributed by atoms with Gasteiger partial charge in [-0.3, -0.25) is 4.79 Å². The minimum absolute atomic E-state index is 0.101. The van der Waals surface area contributed by atoms with E-state index in [9.17, 15) is 9.90 Å². The molecule has 0 aromatic rings. The number of carbonyl (C=O) groups excluding carboxylic acids is 1. The van der Waals surface area contributed by atoms with E-state index in [1.165, 1.54) is 0 Å². The van der Waals surface area contributed by atoms with Gasteiger partial charge in [-0.05, 0) is 19.8 Å². The van der Waals surface area contributed by atoms with Crippen LogP contribution in [0.5, 0.6) is 0 Å². The molecule has 3 atom stereocenters. The van der Waals surface area contributed by atoms with Crippen molar-refractivity contribution < 1.29 is 9.90 Å². The molecule has 2 unspecified atom stereocenters. The third-order valence-electron chi connectivity index (χ3n) is 2.72. The Bertz CT molecular complexity index is 195. The third-order valence-corrected chi connectivity index (χ3v) is 2.72. The zero-order chi connectivity index (χ0) is 10.6. The molecule has 14 heavy (non-hydrogen) atoms. The summed E-state index contributed by atoms with van der Waals surface area (Å²) in [4.78, 5) is 11.3. The van der Waals surface area contributed by atoms with Gasteiger partial charge in [-0.2, -0.15) is 0 Å². The highest BCUT2D eigenvalue weighted by atomic mass is 16.3. The minimum atomic E-state index is -0.495. The summed E-state index contributed by atoms with van der Waals surface area (Å²) in [6.45, 7) is 1.65. The topological polar surface area (TPSA) is 75.4 Å². The number of aliphatic hydroxyl groups is 1. The maximum Gasteiger partial charge on any atom is 0.236 e. The van der Waals surface area contributed by atoms with E-state index in [-0.39, 0.29) is 11.9 Å². The molecule has 1 saturated carbocycles. The molecular formula is C10H20N2O2. The zero-order valence-corrected chi connectivity index (χ0v) is 8.70. The van der Waals surface area contributed by atoms with Crippen LogP contribution in [0.3, 0.4) is 0 Å². The first-order valence-corrected chi connectivity index (χ1v) is 5.35. The van der Waals surface area contributed by atoms with Crippen molar-refractivity contribution in [2.24, 2.45) is 5.73 Å². The van der Waals surface area contributed by atoms with Crippen LogP contribution in [0.4, 0.5) is 0 Å². The molecule has 0 aliphatic heterocycles. The van der Waals surface area contributed by atoms with E-state index in [1.54, 1.807) is 6.92 Å². The van der Waals surface area contributed by atoms with Crippen LogP contribution in [0.1, 0.15) is 39.0 Å². The first-order valence-electron chi connectivity index (χ1n) is 5.35. The maximum atomic E-state index is 11.3. The lowest BCUT2D eigenvalue weighted by Gasteiger charge is -2.22. The van der Waals surface area contributed by atoms with Gasteiger partial charge in [0.1, 0.15) is 0 Å². The molecule has 1 aliphatic rings. The number of aliphatic hydroxyl groups excluding tert-OH is 1. The van der Waals surface area contributed by atoms with Gasteiger partial charge in [0.2, 0.25) is 5.91 Å². The van der Waals surface area contributed by atoms with E-state index in [1.807, 2.05) is 0 Å². The fourth-order valence-corrected chi connectivity index (χ4v) is 1.77. The lowest BCUT2D eigenvalue weighted by molar-refractivity contribution is -0.123. The summed E-state index contributed by atoms with van der Waals surface area (Å²) < 4.78 is 0. The molecule has 1 aliphatic carbocycles. The molecule has 1 amide bonds. The van der Waals surface area contributed by atoms with E-state index < -0.39 is 12.1 Å². The molecule has 0 aromatic carbocycles. The molecule has 0 spiro atoms. The molecule has 1 rings (SSSR count). The highest BCUT2D eigenvalue weighted by Crippen LogP contribution is 2.17. The van der Waals surface area contributed by atoms with Crippen molar-refractivity contribution in [3.8, 4) is 0 Å². The van der Waals surface area contributed by atoms with Crippen molar-refractivity contribution in [2.75, 3.05) is 0 Å².